The smallest absolute Gasteiger partial charge is 0.220 e. The largest absolute Gasteiger partial charge is 0.493 e. The summed E-state index contributed by atoms with van der Waals surface area (Å²) in [4.78, 5) is 22.4. The SMILES string of the molecule is COc1cc2ncnc(Nc3cc(Cl)ccc3F)c2cc1OCCCN1CC2(CNC(=O)C2)C1. The zero-order valence-corrected chi connectivity index (χ0v) is 19.5. The van der Waals surface area contributed by atoms with E-state index in [0.717, 1.165) is 32.6 Å². The minimum atomic E-state index is -0.438. The van der Waals surface area contributed by atoms with Crippen molar-refractivity contribution in [3.05, 3.63) is 47.5 Å². The number of hydrogen-bond acceptors (Lipinski definition) is 7. The topological polar surface area (TPSA) is 88.6 Å². The predicted molar refractivity (Wildman–Crippen MR) is 127 cm³/mol. The fourth-order valence-electron chi connectivity index (χ4n) is 4.66. The van der Waals surface area contributed by atoms with Crippen molar-refractivity contribution in [3.63, 3.8) is 0 Å². The van der Waals surface area contributed by atoms with Gasteiger partial charge in [0.2, 0.25) is 5.91 Å². The second-order valence-electron chi connectivity index (χ2n) is 8.86. The lowest BCUT2D eigenvalue weighted by atomic mass is 9.79. The summed E-state index contributed by atoms with van der Waals surface area (Å²) in [6.07, 6.45) is 2.87. The van der Waals surface area contributed by atoms with Gasteiger partial charge in [-0.2, -0.15) is 0 Å². The van der Waals surface area contributed by atoms with E-state index < -0.39 is 5.82 Å². The Bertz CT molecular complexity index is 1230. The van der Waals surface area contributed by atoms with Crippen molar-refractivity contribution in [3.8, 4) is 11.5 Å². The fraction of sp³-hybridized carbons (Fsp3) is 0.375. The second kappa shape index (κ2) is 9.23. The van der Waals surface area contributed by atoms with Gasteiger partial charge in [0.1, 0.15) is 18.0 Å². The maximum Gasteiger partial charge on any atom is 0.220 e. The average Bonchev–Trinajstić information content (AvgIpc) is 3.20. The first-order chi connectivity index (χ1) is 16.4. The van der Waals surface area contributed by atoms with Crippen molar-refractivity contribution in [2.24, 2.45) is 5.41 Å². The number of amides is 1. The van der Waals surface area contributed by atoms with Crippen LogP contribution in [0, 0.1) is 11.2 Å². The number of fused-ring (bicyclic) bond motifs is 1. The number of carbonyl (C=O) groups is 1. The number of rotatable bonds is 8. The van der Waals surface area contributed by atoms with Crippen LogP contribution in [0.5, 0.6) is 11.5 Å². The molecule has 0 aliphatic carbocycles. The standard InChI is InChI=1S/C24H25ClFN5O3/c1-33-20-9-18-16(23(29-14-28-18)30-19-7-15(25)3-4-17(19)26)8-21(20)34-6-2-5-31-12-24(13-31)10-22(32)27-11-24/h3-4,7-9,14H,2,5-6,10-13H2,1H3,(H,27,32)(H,28,29,30). The van der Waals surface area contributed by atoms with Crippen LogP contribution < -0.4 is 20.1 Å². The number of likely N-dealkylation sites (tertiary alicyclic amines) is 1. The minimum Gasteiger partial charge on any atom is -0.493 e. The van der Waals surface area contributed by atoms with Crippen molar-refractivity contribution < 1.29 is 18.7 Å². The van der Waals surface area contributed by atoms with Crippen LogP contribution in [-0.4, -0.2) is 60.7 Å². The maximum atomic E-state index is 14.2. The molecule has 2 aliphatic heterocycles. The zero-order valence-electron chi connectivity index (χ0n) is 18.7. The number of anilines is 2. The first-order valence-electron chi connectivity index (χ1n) is 11.1. The molecule has 2 aromatic carbocycles. The van der Waals surface area contributed by atoms with Crippen molar-refractivity contribution in [2.45, 2.75) is 12.8 Å². The molecule has 0 bridgehead atoms. The van der Waals surface area contributed by atoms with Crippen LogP contribution in [-0.2, 0) is 4.79 Å². The Morgan fingerprint density at radius 2 is 2.09 bits per heavy atom. The summed E-state index contributed by atoms with van der Waals surface area (Å²) in [6, 6.07) is 7.86. The summed E-state index contributed by atoms with van der Waals surface area (Å²) in [5.74, 6) is 1.27. The van der Waals surface area contributed by atoms with E-state index in [9.17, 15) is 9.18 Å². The molecule has 1 spiro atoms. The summed E-state index contributed by atoms with van der Waals surface area (Å²) < 4.78 is 25.8. The van der Waals surface area contributed by atoms with E-state index in [1.54, 1.807) is 19.2 Å². The van der Waals surface area contributed by atoms with Crippen LogP contribution in [0.4, 0.5) is 15.9 Å². The van der Waals surface area contributed by atoms with E-state index in [1.165, 1.54) is 24.5 Å². The highest BCUT2D eigenvalue weighted by Gasteiger charge is 2.47. The highest BCUT2D eigenvalue weighted by atomic mass is 35.5. The van der Waals surface area contributed by atoms with E-state index in [1.807, 2.05) is 0 Å². The van der Waals surface area contributed by atoms with E-state index in [-0.39, 0.29) is 17.0 Å². The molecule has 5 rings (SSSR count). The van der Waals surface area contributed by atoms with Gasteiger partial charge in [-0.3, -0.25) is 4.79 Å². The van der Waals surface area contributed by atoms with Crippen LogP contribution in [0.2, 0.25) is 5.02 Å². The van der Waals surface area contributed by atoms with Gasteiger partial charge >= 0.3 is 0 Å². The molecule has 2 fully saturated rings. The van der Waals surface area contributed by atoms with Gasteiger partial charge in [-0.05, 0) is 30.7 Å². The zero-order chi connectivity index (χ0) is 23.7. The number of nitrogens with zero attached hydrogens (tertiary/aromatic N) is 3. The number of methoxy groups -OCH3 is 1. The molecule has 2 saturated heterocycles. The van der Waals surface area contributed by atoms with Crippen LogP contribution in [0.15, 0.2) is 36.7 Å². The van der Waals surface area contributed by atoms with Crippen molar-refractivity contribution in [1.29, 1.82) is 0 Å². The van der Waals surface area contributed by atoms with Crippen molar-refractivity contribution >= 4 is 39.9 Å². The van der Waals surface area contributed by atoms with E-state index in [0.29, 0.717) is 46.3 Å². The normalized spacial score (nSPS) is 17.0. The minimum absolute atomic E-state index is 0.130. The Morgan fingerprint density at radius 1 is 1.24 bits per heavy atom. The third-order valence-electron chi connectivity index (χ3n) is 6.29. The molecule has 0 atom stereocenters. The van der Waals surface area contributed by atoms with Crippen molar-refractivity contribution in [1.82, 2.24) is 20.2 Å². The monoisotopic (exact) mass is 485 g/mol. The lowest BCUT2D eigenvalue weighted by molar-refractivity contribution is -0.120. The predicted octanol–water partition coefficient (Wildman–Crippen LogP) is 3.77. The summed E-state index contributed by atoms with van der Waals surface area (Å²) in [5.41, 5.74) is 0.984. The Morgan fingerprint density at radius 3 is 2.85 bits per heavy atom. The Hall–Kier alpha value is -3.17. The number of halogens is 2. The molecule has 0 unspecified atom stereocenters. The molecular weight excluding hydrogens is 461 g/mol. The molecule has 0 saturated carbocycles. The second-order valence-corrected chi connectivity index (χ2v) is 9.29. The Labute approximate surface area is 201 Å². The lowest BCUT2D eigenvalue weighted by Gasteiger charge is -2.47. The summed E-state index contributed by atoms with van der Waals surface area (Å²) >= 11 is 6.02. The van der Waals surface area contributed by atoms with Gasteiger partial charge in [0.15, 0.2) is 11.5 Å². The third kappa shape index (κ3) is 4.58. The van der Waals surface area contributed by atoms with Gasteiger partial charge in [-0.25, -0.2) is 14.4 Å². The number of aromatic nitrogens is 2. The van der Waals surface area contributed by atoms with Crippen LogP contribution in [0.25, 0.3) is 10.9 Å². The lowest BCUT2D eigenvalue weighted by Crippen LogP contribution is -2.57. The Kier molecular flexibility index (Phi) is 6.14. The van der Waals surface area contributed by atoms with E-state index >= 15 is 0 Å². The molecule has 3 aromatic rings. The molecule has 34 heavy (non-hydrogen) atoms. The molecule has 1 amide bonds. The third-order valence-corrected chi connectivity index (χ3v) is 6.53. The molecule has 1 aromatic heterocycles. The van der Waals surface area contributed by atoms with Crippen LogP contribution in [0.1, 0.15) is 12.8 Å². The molecule has 178 valence electrons. The van der Waals surface area contributed by atoms with Gasteiger partial charge in [0, 0.05) is 54.5 Å². The highest BCUT2D eigenvalue weighted by molar-refractivity contribution is 6.30. The molecule has 0 radical (unpaired) electrons. The highest BCUT2D eigenvalue weighted by Crippen LogP contribution is 2.37. The number of benzene rings is 2. The van der Waals surface area contributed by atoms with Gasteiger partial charge in [0.05, 0.1) is 24.9 Å². The number of carbonyl (C=O) groups excluding carboxylic acids is 1. The number of hydrogen-bond donors (Lipinski definition) is 2. The van der Waals surface area contributed by atoms with Crippen LogP contribution in [0.3, 0.4) is 0 Å². The van der Waals surface area contributed by atoms with Gasteiger partial charge < -0.3 is 25.0 Å². The maximum absolute atomic E-state index is 14.2. The first kappa shape index (κ1) is 22.6. The van der Waals surface area contributed by atoms with Gasteiger partial charge in [-0.15, -0.1) is 0 Å². The van der Waals surface area contributed by atoms with Crippen molar-refractivity contribution in [2.75, 3.05) is 45.2 Å². The van der Waals surface area contributed by atoms with E-state index in [2.05, 4.69) is 25.5 Å². The molecule has 2 aliphatic rings. The molecule has 3 heterocycles. The first-order valence-corrected chi connectivity index (χ1v) is 11.5. The molecule has 8 nitrogen and oxygen atoms in total. The molecular formula is C24H25ClFN5O3. The van der Waals surface area contributed by atoms with E-state index in [4.69, 9.17) is 21.1 Å². The van der Waals surface area contributed by atoms with Crippen LogP contribution >= 0.6 is 11.6 Å². The number of ether oxygens (including phenoxy) is 2. The molecule has 2 N–H and O–H groups in total. The molecule has 10 heteroatoms. The summed E-state index contributed by atoms with van der Waals surface area (Å²) in [7, 11) is 1.58. The fourth-order valence-corrected chi connectivity index (χ4v) is 4.83. The van der Waals surface area contributed by atoms with Gasteiger partial charge in [0.25, 0.3) is 0 Å². The number of nitrogens with one attached hydrogen (secondary N) is 2. The summed E-state index contributed by atoms with van der Waals surface area (Å²) in [6.45, 7) is 4.07. The quantitative estimate of drug-likeness (QED) is 0.469. The van der Waals surface area contributed by atoms with Gasteiger partial charge in [-0.1, -0.05) is 11.6 Å². The summed E-state index contributed by atoms with van der Waals surface area (Å²) in [5, 5.41) is 7.01. The average molecular weight is 486 g/mol. The Balaban J connectivity index is 1.26.